The Balaban J connectivity index is 2.10. The van der Waals surface area contributed by atoms with Crippen LogP contribution in [0.15, 0.2) is 29.2 Å². The van der Waals surface area contributed by atoms with E-state index in [1.165, 1.54) is 6.07 Å². The van der Waals surface area contributed by atoms with E-state index in [1.807, 2.05) is 30.8 Å². The van der Waals surface area contributed by atoms with Crippen LogP contribution < -0.4 is 10.5 Å². The van der Waals surface area contributed by atoms with Gasteiger partial charge in [0, 0.05) is 36.6 Å². The summed E-state index contributed by atoms with van der Waals surface area (Å²) in [5, 5.41) is 0. The molecule has 0 aromatic carbocycles. The summed E-state index contributed by atoms with van der Waals surface area (Å²) in [5.41, 5.74) is 1.37. The van der Waals surface area contributed by atoms with Crippen molar-refractivity contribution >= 4 is 17.6 Å². The normalized spacial score (nSPS) is 12.2. The average molecular weight is 332 g/mol. The second-order valence-electron chi connectivity index (χ2n) is 5.59. The lowest BCUT2D eigenvalue weighted by molar-refractivity contribution is 0.662. The van der Waals surface area contributed by atoms with Gasteiger partial charge in [0.1, 0.15) is 11.6 Å². The molecule has 2 rings (SSSR count). The van der Waals surface area contributed by atoms with Gasteiger partial charge in [-0.3, -0.25) is 4.79 Å². The van der Waals surface area contributed by atoms with Crippen LogP contribution >= 0.6 is 11.8 Å². The lowest BCUT2D eigenvalue weighted by Crippen LogP contribution is -2.30. The van der Waals surface area contributed by atoms with Crippen molar-refractivity contribution in [3.05, 3.63) is 40.4 Å². The smallest absolute Gasteiger partial charge is 0.251 e. The molecule has 0 fully saturated rings. The molecule has 2 aromatic rings. The Bertz CT molecular complexity index is 684. The Kier molecular flexibility index (Phi) is 6.21. The number of anilines is 1. The van der Waals surface area contributed by atoms with Crippen LogP contribution in [0.3, 0.4) is 0 Å². The Hall–Kier alpha value is -1.82. The van der Waals surface area contributed by atoms with Crippen molar-refractivity contribution in [3.8, 4) is 11.4 Å². The zero-order valence-corrected chi connectivity index (χ0v) is 15.0. The minimum absolute atomic E-state index is 0.143. The van der Waals surface area contributed by atoms with Crippen LogP contribution in [0.2, 0.25) is 0 Å². The Labute approximate surface area is 141 Å². The maximum Gasteiger partial charge on any atom is 0.251 e. The van der Waals surface area contributed by atoms with Crippen molar-refractivity contribution in [2.24, 2.45) is 0 Å². The molecule has 5 nitrogen and oxygen atoms in total. The second kappa shape index (κ2) is 8.15. The zero-order chi connectivity index (χ0) is 16.8. The molecule has 1 atom stereocenters. The fourth-order valence-corrected chi connectivity index (χ4v) is 3.06. The maximum absolute atomic E-state index is 11.5. The minimum Gasteiger partial charge on any atom is -0.357 e. The van der Waals surface area contributed by atoms with Crippen molar-refractivity contribution in [3.63, 3.8) is 0 Å². The lowest BCUT2D eigenvalue weighted by atomic mass is 10.2. The third-order valence-corrected chi connectivity index (χ3v) is 4.73. The number of aromatic nitrogens is 3. The number of pyridine rings is 1. The van der Waals surface area contributed by atoms with Crippen molar-refractivity contribution in [2.75, 3.05) is 23.5 Å². The standard InChI is InChI=1S/C17H24N4OS/c1-5-23-9-8-13(3)21(4)15-7-6-14(11-18-15)17-19-12(2)10-16(22)20-17/h6-7,10-11,13H,5,8-9H2,1-4H3,(H,19,20,22)/t13-/m1/s1. The molecule has 2 heterocycles. The molecule has 0 aliphatic carbocycles. The SMILES string of the molecule is CCSCC[C@@H](C)N(C)c1ccc(-c2nc(C)cc(=O)[nH]2)cn1. The molecule has 23 heavy (non-hydrogen) atoms. The van der Waals surface area contributed by atoms with Crippen molar-refractivity contribution in [1.82, 2.24) is 15.0 Å². The van der Waals surface area contributed by atoms with E-state index in [2.05, 4.69) is 40.7 Å². The van der Waals surface area contributed by atoms with Crippen LogP contribution in [0.1, 0.15) is 26.0 Å². The number of rotatable bonds is 7. The van der Waals surface area contributed by atoms with Gasteiger partial charge in [0.2, 0.25) is 0 Å². The Morgan fingerprint density at radius 3 is 2.78 bits per heavy atom. The Morgan fingerprint density at radius 2 is 2.17 bits per heavy atom. The van der Waals surface area contributed by atoms with Gasteiger partial charge in [0.05, 0.1) is 0 Å². The van der Waals surface area contributed by atoms with Gasteiger partial charge in [-0.1, -0.05) is 6.92 Å². The number of aromatic amines is 1. The van der Waals surface area contributed by atoms with Gasteiger partial charge in [0.25, 0.3) is 5.56 Å². The van der Waals surface area contributed by atoms with Crippen LogP contribution in [-0.4, -0.2) is 39.5 Å². The van der Waals surface area contributed by atoms with Gasteiger partial charge in [0.15, 0.2) is 0 Å². The molecular formula is C17H24N4OS. The molecule has 0 amide bonds. The van der Waals surface area contributed by atoms with Gasteiger partial charge in [-0.05, 0) is 43.9 Å². The lowest BCUT2D eigenvalue weighted by Gasteiger charge is -2.26. The van der Waals surface area contributed by atoms with Crippen molar-refractivity contribution in [1.29, 1.82) is 0 Å². The van der Waals surface area contributed by atoms with Crippen LogP contribution in [0.25, 0.3) is 11.4 Å². The first kappa shape index (κ1) is 17.5. The van der Waals surface area contributed by atoms with Crippen molar-refractivity contribution in [2.45, 2.75) is 33.2 Å². The van der Waals surface area contributed by atoms with Gasteiger partial charge in [-0.15, -0.1) is 0 Å². The highest BCUT2D eigenvalue weighted by atomic mass is 32.2. The van der Waals surface area contributed by atoms with Crippen molar-refractivity contribution < 1.29 is 0 Å². The van der Waals surface area contributed by atoms with E-state index in [0.717, 1.165) is 29.3 Å². The molecule has 6 heteroatoms. The van der Waals surface area contributed by atoms with E-state index in [1.54, 1.807) is 6.20 Å². The van der Waals surface area contributed by atoms with Gasteiger partial charge in [-0.25, -0.2) is 9.97 Å². The zero-order valence-electron chi connectivity index (χ0n) is 14.2. The van der Waals surface area contributed by atoms with Crippen LogP contribution in [0.4, 0.5) is 5.82 Å². The summed E-state index contributed by atoms with van der Waals surface area (Å²) in [6.07, 6.45) is 2.89. The summed E-state index contributed by atoms with van der Waals surface area (Å²) < 4.78 is 0. The quantitative estimate of drug-likeness (QED) is 0.789. The topological polar surface area (TPSA) is 61.9 Å². The molecule has 0 saturated heterocycles. The van der Waals surface area contributed by atoms with Crippen LogP contribution in [-0.2, 0) is 0 Å². The van der Waals surface area contributed by atoms with Gasteiger partial charge in [-0.2, -0.15) is 11.8 Å². The summed E-state index contributed by atoms with van der Waals surface area (Å²) in [7, 11) is 2.07. The highest BCUT2D eigenvalue weighted by molar-refractivity contribution is 7.99. The first-order chi connectivity index (χ1) is 11.0. The summed E-state index contributed by atoms with van der Waals surface area (Å²) >= 11 is 1.96. The highest BCUT2D eigenvalue weighted by Gasteiger charge is 2.11. The number of hydrogen-bond donors (Lipinski definition) is 1. The number of aryl methyl sites for hydroxylation is 1. The molecule has 0 aliphatic heterocycles. The van der Waals surface area contributed by atoms with E-state index in [0.29, 0.717) is 17.6 Å². The predicted molar refractivity (Wildman–Crippen MR) is 98.3 cm³/mol. The van der Waals surface area contributed by atoms with Gasteiger partial charge >= 0.3 is 0 Å². The fraction of sp³-hybridized carbons (Fsp3) is 0.471. The molecule has 124 valence electrons. The molecule has 0 bridgehead atoms. The monoisotopic (exact) mass is 332 g/mol. The average Bonchev–Trinajstić information content (AvgIpc) is 2.53. The fourth-order valence-electron chi connectivity index (χ4n) is 2.27. The molecule has 0 spiro atoms. The maximum atomic E-state index is 11.5. The third-order valence-electron chi connectivity index (χ3n) is 3.80. The molecule has 0 radical (unpaired) electrons. The van der Waals surface area contributed by atoms with E-state index >= 15 is 0 Å². The number of H-pyrrole nitrogens is 1. The molecule has 1 N–H and O–H groups in total. The number of hydrogen-bond acceptors (Lipinski definition) is 5. The first-order valence-corrected chi connectivity index (χ1v) is 9.01. The first-order valence-electron chi connectivity index (χ1n) is 7.86. The van der Waals surface area contributed by atoms with E-state index in [4.69, 9.17) is 0 Å². The van der Waals surface area contributed by atoms with E-state index in [-0.39, 0.29) is 5.56 Å². The third kappa shape index (κ3) is 4.82. The number of nitrogens with zero attached hydrogens (tertiary/aromatic N) is 3. The number of thioether (sulfide) groups is 1. The van der Waals surface area contributed by atoms with E-state index < -0.39 is 0 Å². The second-order valence-corrected chi connectivity index (χ2v) is 6.98. The number of nitrogens with one attached hydrogen (secondary N) is 1. The molecule has 2 aromatic heterocycles. The minimum atomic E-state index is -0.143. The summed E-state index contributed by atoms with van der Waals surface area (Å²) in [5.74, 6) is 3.81. The molecule has 0 aliphatic rings. The van der Waals surface area contributed by atoms with Crippen LogP contribution in [0, 0.1) is 6.92 Å². The largest absolute Gasteiger partial charge is 0.357 e. The summed E-state index contributed by atoms with van der Waals surface area (Å²) in [6.45, 7) is 6.21. The van der Waals surface area contributed by atoms with Crippen LogP contribution in [0.5, 0.6) is 0 Å². The summed E-state index contributed by atoms with van der Waals surface area (Å²) in [4.78, 5) is 25.4. The van der Waals surface area contributed by atoms with Gasteiger partial charge < -0.3 is 9.88 Å². The molecule has 0 unspecified atom stereocenters. The highest BCUT2D eigenvalue weighted by Crippen LogP contribution is 2.19. The predicted octanol–water partition coefficient (Wildman–Crippen LogP) is 3.11. The molecular weight excluding hydrogens is 308 g/mol. The Morgan fingerprint density at radius 1 is 1.39 bits per heavy atom. The van der Waals surface area contributed by atoms with E-state index in [9.17, 15) is 4.79 Å². The summed E-state index contributed by atoms with van der Waals surface area (Å²) in [6, 6.07) is 5.84. The molecule has 0 saturated carbocycles.